The number of aromatic nitrogens is 1. The first-order valence-electron chi connectivity index (χ1n) is 10.9. The Balaban J connectivity index is 1.66. The van der Waals surface area contributed by atoms with Crippen LogP contribution in [-0.4, -0.2) is 36.9 Å². The predicted molar refractivity (Wildman–Crippen MR) is 125 cm³/mol. The summed E-state index contributed by atoms with van der Waals surface area (Å²) in [5, 5.41) is 4.26. The van der Waals surface area contributed by atoms with Crippen LogP contribution in [0.15, 0.2) is 16.6 Å². The van der Waals surface area contributed by atoms with Crippen LogP contribution in [0.3, 0.4) is 0 Å². The van der Waals surface area contributed by atoms with E-state index in [1.807, 2.05) is 26.0 Å². The largest absolute Gasteiger partial charge is 0.349 e. The summed E-state index contributed by atoms with van der Waals surface area (Å²) in [4.78, 5) is 13.4. The predicted octanol–water partition coefficient (Wildman–Crippen LogP) is 4.76. The summed E-state index contributed by atoms with van der Waals surface area (Å²) in [6.07, 6.45) is 7.93. The molecule has 0 radical (unpaired) electrons. The SMILES string of the molecule is Cc1ccc2c(C(=O)NC3CC4CCC(C4)C3)c(C)n(CCCS(C)(=O)=O)c2c1Br. The van der Waals surface area contributed by atoms with E-state index in [9.17, 15) is 13.2 Å². The summed E-state index contributed by atoms with van der Waals surface area (Å²) >= 11 is 3.71. The molecule has 2 saturated carbocycles. The van der Waals surface area contributed by atoms with Crippen LogP contribution in [0.4, 0.5) is 0 Å². The Morgan fingerprint density at radius 2 is 1.83 bits per heavy atom. The van der Waals surface area contributed by atoms with Gasteiger partial charge in [0.15, 0.2) is 0 Å². The minimum Gasteiger partial charge on any atom is -0.349 e. The molecule has 5 nitrogen and oxygen atoms in total. The highest BCUT2D eigenvalue weighted by molar-refractivity contribution is 9.10. The third kappa shape index (κ3) is 4.33. The third-order valence-electron chi connectivity index (χ3n) is 6.96. The second-order valence-corrected chi connectivity index (χ2v) is 12.4. The van der Waals surface area contributed by atoms with E-state index in [1.54, 1.807) is 0 Å². The van der Waals surface area contributed by atoms with E-state index >= 15 is 0 Å². The Morgan fingerprint density at radius 1 is 1.17 bits per heavy atom. The number of aryl methyl sites for hydroxylation is 2. The van der Waals surface area contributed by atoms with Gasteiger partial charge in [-0.15, -0.1) is 0 Å². The molecule has 2 bridgehead atoms. The molecule has 2 unspecified atom stereocenters. The van der Waals surface area contributed by atoms with Gasteiger partial charge >= 0.3 is 0 Å². The maximum Gasteiger partial charge on any atom is 0.253 e. The fourth-order valence-corrected chi connectivity index (χ4v) is 6.78. The Bertz CT molecular complexity index is 1080. The molecule has 4 rings (SSSR count). The number of nitrogens with zero attached hydrogens (tertiary/aromatic N) is 1. The fourth-order valence-electron chi connectivity index (χ4n) is 5.56. The van der Waals surface area contributed by atoms with Gasteiger partial charge in [-0.25, -0.2) is 8.42 Å². The summed E-state index contributed by atoms with van der Waals surface area (Å²) in [7, 11) is -3.02. The number of carbonyl (C=O) groups is 1. The Labute approximate surface area is 187 Å². The van der Waals surface area contributed by atoms with E-state index in [1.165, 1.54) is 25.5 Å². The molecular weight excluding hydrogens is 464 g/mol. The molecule has 164 valence electrons. The highest BCUT2D eigenvalue weighted by Crippen LogP contribution is 2.42. The van der Waals surface area contributed by atoms with Crippen molar-refractivity contribution in [2.75, 3.05) is 12.0 Å². The topological polar surface area (TPSA) is 68.2 Å². The van der Waals surface area contributed by atoms with Crippen molar-refractivity contribution in [3.05, 3.63) is 33.4 Å². The number of sulfone groups is 1. The van der Waals surface area contributed by atoms with Crippen LogP contribution in [0, 0.1) is 25.7 Å². The molecule has 1 heterocycles. The second-order valence-electron chi connectivity index (χ2n) is 9.37. The zero-order valence-corrected chi connectivity index (χ0v) is 20.4. The number of nitrogens with one attached hydrogen (secondary N) is 1. The van der Waals surface area contributed by atoms with Gasteiger partial charge in [0, 0.05) is 34.4 Å². The quantitative estimate of drug-likeness (QED) is 0.628. The lowest BCUT2D eigenvalue weighted by molar-refractivity contribution is 0.0919. The fraction of sp³-hybridized carbons (Fsp3) is 0.609. The van der Waals surface area contributed by atoms with Crippen LogP contribution >= 0.6 is 15.9 Å². The van der Waals surface area contributed by atoms with Gasteiger partial charge in [-0.2, -0.15) is 0 Å². The van der Waals surface area contributed by atoms with E-state index in [0.29, 0.717) is 13.0 Å². The van der Waals surface area contributed by atoms with E-state index in [4.69, 9.17) is 0 Å². The Hall–Kier alpha value is -1.34. The van der Waals surface area contributed by atoms with E-state index in [2.05, 4.69) is 25.8 Å². The van der Waals surface area contributed by atoms with Gasteiger partial charge in [-0.3, -0.25) is 4.79 Å². The molecule has 7 heteroatoms. The summed E-state index contributed by atoms with van der Waals surface area (Å²) < 4.78 is 26.3. The molecule has 1 aromatic carbocycles. The summed E-state index contributed by atoms with van der Waals surface area (Å²) in [5.74, 6) is 1.68. The summed E-state index contributed by atoms with van der Waals surface area (Å²) in [6.45, 7) is 4.57. The molecule has 0 spiro atoms. The molecule has 1 aromatic heterocycles. The van der Waals surface area contributed by atoms with Gasteiger partial charge in [0.05, 0.1) is 16.8 Å². The zero-order valence-electron chi connectivity index (χ0n) is 18.0. The molecular formula is C23H31BrN2O3S. The van der Waals surface area contributed by atoms with Crippen molar-refractivity contribution in [3.8, 4) is 0 Å². The average Bonchev–Trinajstić information content (AvgIpc) is 3.14. The van der Waals surface area contributed by atoms with Crippen molar-refractivity contribution in [3.63, 3.8) is 0 Å². The molecule has 0 saturated heterocycles. The minimum absolute atomic E-state index is 0.00131. The Morgan fingerprint density at radius 3 is 2.47 bits per heavy atom. The van der Waals surface area contributed by atoms with Crippen LogP contribution in [-0.2, 0) is 16.4 Å². The Kier molecular flexibility index (Phi) is 6.05. The first-order valence-corrected chi connectivity index (χ1v) is 13.8. The van der Waals surface area contributed by atoms with Crippen LogP contribution in [0.1, 0.15) is 60.1 Å². The molecule has 1 amide bonds. The minimum atomic E-state index is -3.02. The first-order chi connectivity index (χ1) is 14.1. The number of rotatable bonds is 6. The van der Waals surface area contributed by atoms with Crippen molar-refractivity contribution >= 4 is 42.6 Å². The van der Waals surface area contributed by atoms with E-state index in [0.717, 1.165) is 56.9 Å². The molecule has 30 heavy (non-hydrogen) atoms. The standard InChI is InChI=1S/C23H31BrN2O3S/c1-14-5-8-19-20(23(27)25-18-12-16-6-7-17(11-16)13-18)15(2)26(22(19)21(14)24)9-4-10-30(3,28)29/h5,8,16-18H,4,6-7,9-13H2,1-3H3,(H,25,27). The number of hydrogen-bond donors (Lipinski definition) is 1. The van der Waals surface area contributed by atoms with Crippen LogP contribution in [0.5, 0.6) is 0 Å². The molecule has 2 fully saturated rings. The number of carbonyl (C=O) groups excluding carboxylic acids is 1. The molecule has 2 aliphatic rings. The van der Waals surface area contributed by atoms with Crippen LogP contribution < -0.4 is 5.32 Å². The second kappa shape index (κ2) is 8.30. The smallest absolute Gasteiger partial charge is 0.253 e. The highest BCUT2D eigenvalue weighted by atomic mass is 79.9. The van der Waals surface area contributed by atoms with Crippen molar-refractivity contribution in [1.29, 1.82) is 0 Å². The van der Waals surface area contributed by atoms with Gasteiger partial charge in [-0.05, 0) is 72.9 Å². The number of amides is 1. The number of benzene rings is 1. The maximum atomic E-state index is 13.4. The van der Waals surface area contributed by atoms with E-state index in [-0.39, 0.29) is 17.7 Å². The van der Waals surface area contributed by atoms with Crippen LogP contribution in [0.25, 0.3) is 10.9 Å². The number of halogens is 1. The van der Waals surface area contributed by atoms with Gasteiger partial charge in [0.1, 0.15) is 9.84 Å². The molecule has 2 aromatic rings. The lowest BCUT2D eigenvalue weighted by Crippen LogP contribution is -2.39. The molecule has 2 atom stereocenters. The van der Waals surface area contributed by atoms with Crippen molar-refractivity contribution < 1.29 is 13.2 Å². The average molecular weight is 495 g/mol. The van der Waals surface area contributed by atoms with Gasteiger partial charge in [0.25, 0.3) is 5.91 Å². The number of fused-ring (bicyclic) bond motifs is 3. The molecule has 0 aliphatic heterocycles. The van der Waals surface area contributed by atoms with Crippen molar-refractivity contribution in [2.24, 2.45) is 11.8 Å². The zero-order chi connectivity index (χ0) is 21.6. The van der Waals surface area contributed by atoms with E-state index < -0.39 is 9.84 Å². The normalized spacial score (nSPS) is 23.8. The van der Waals surface area contributed by atoms with Gasteiger partial charge < -0.3 is 9.88 Å². The first kappa shape index (κ1) is 21.9. The molecule has 1 N–H and O–H groups in total. The third-order valence-corrected chi connectivity index (χ3v) is 8.99. The highest BCUT2D eigenvalue weighted by Gasteiger charge is 2.35. The summed E-state index contributed by atoms with van der Waals surface area (Å²) in [6, 6.07) is 4.32. The van der Waals surface area contributed by atoms with Crippen molar-refractivity contribution in [2.45, 2.75) is 65.0 Å². The molecule has 2 aliphatic carbocycles. The maximum absolute atomic E-state index is 13.4. The van der Waals surface area contributed by atoms with Crippen molar-refractivity contribution in [1.82, 2.24) is 9.88 Å². The lowest BCUT2D eigenvalue weighted by atomic mass is 9.85. The lowest BCUT2D eigenvalue weighted by Gasteiger charge is -2.28. The number of hydrogen-bond acceptors (Lipinski definition) is 3. The van der Waals surface area contributed by atoms with Crippen LogP contribution in [0.2, 0.25) is 0 Å². The summed E-state index contributed by atoms with van der Waals surface area (Å²) in [5.41, 5.74) is 3.71. The van der Waals surface area contributed by atoms with Gasteiger partial charge in [0.2, 0.25) is 0 Å². The monoisotopic (exact) mass is 494 g/mol. The van der Waals surface area contributed by atoms with Gasteiger partial charge in [-0.1, -0.05) is 25.0 Å².